The third kappa shape index (κ3) is 5.46. The average Bonchev–Trinajstić information content (AvgIpc) is 3.47. The van der Waals surface area contributed by atoms with Crippen LogP contribution < -0.4 is 10.6 Å². The Morgan fingerprint density at radius 1 is 1.23 bits per heavy atom. The molecule has 2 aromatic rings. The Morgan fingerprint density at radius 2 is 1.90 bits per heavy atom. The Bertz CT molecular complexity index is 938. The van der Waals surface area contributed by atoms with Gasteiger partial charge in [0.1, 0.15) is 5.88 Å². The molecular formula is C23H31N3O3S. The van der Waals surface area contributed by atoms with Gasteiger partial charge in [0.25, 0.3) is 0 Å². The van der Waals surface area contributed by atoms with Crippen LogP contribution in [0.3, 0.4) is 0 Å². The van der Waals surface area contributed by atoms with E-state index < -0.39 is 11.1 Å². The first-order chi connectivity index (χ1) is 14.1. The lowest BCUT2D eigenvalue weighted by molar-refractivity contribution is -0.123. The molecule has 3 unspecified atom stereocenters. The number of anilines is 1. The van der Waals surface area contributed by atoms with Crippen molar-refractivity contribution in [3.63, 3.8) is 0 Å². The zero-order valence-electron chi connectivity index (χ0n) is 18.2. The molecule has 7 heteroatoms. The summed E-state index contributed by atoms with van der Waals surface area (Å²) in [5, 5.41) is 5.96. The Hall–Kier alpha value is -2.25. The molecule has 1 aliphatic carbocycles. The van der Waals surface area contributed by atoms with Crippen LogP contribution in [0.25, 0.3) is 0 Å². The molecule has 6 nitrogen and oxygen atoms in total. The molecule has 0 saturated heterocycles. The second-order valence-electron chi connectivity index (χ2n) is 9.06. The third-order valence-electron chi connectivity index (χ3n) is 5.63. The summed E-state index contributed by atoms with van der Waals surface area (Å²) in [6, 6.07) is 12.1. The zero-order chi connectivity index (χ0) is 22.1. The van der Waals surface area contributed by atoms with Crippen LogP contribution in [0.1, 0.15) is 68.6 Å². The first-order valence-corrected chi connectivity index (χ1v) is 11.5. The van der Waals surface area contributed by atoms with Crippen LogP contribution in [-0.4, -0.2) is 25.5 Å². The number of amides is 1. The highest BCUT2D eigenvalue weighted by molar-refractivity contribution is 7.79. The van der Waals surface area contributed by atoms with E-state index in [0.717, 1.165) is 17.8 Å². The van der Waals surface area contributed by atoms with E-state index in [4.69, 9.17) is 4.55 Å². The first kappa shape index (κ1) is 22.4. The van der Waals surface area contributed by atoms with Crippen molar-refractivity contribution in [3.8, 4) is 0 Å². The molecule has 30 heavy (non-hydrogen) atoms. The van der Waals surface area contributed by atoms with Gasteiger partial charge in [-0.15, -0.1) is 0 Å². The summed E-state index contributed by atoms with van der Waals surface area (Å²) < 4.78 is 19.7. The predicted octanol–water partition coefficient (Wildman–Crippen LogP) is 4.26. The number of nitrogens with zero attached hydrogens (tertiary/aromatic N) is 1. The fourth-order valence-electron chi connectivity index (χ4n) is 3.63. The monoisotopic (exact) mass is 429 g/mol. The molecule has 4 atom stereocenters. The molecule has 0 radical (unpaired) electrons. The molecule has 3 rings (SSSR count). The van der Waals surface area contributed by atoms with Gasteiger partial charge in [-0.25, -0.2) is 4.21 Å². The maximum Gasteiger partial charge on any atom is 0.224 e. The van der Waals surface area contributed by atoms with Gasteiger partial charge in [-0.2, -0.15) is 0 Å². The van der Waals surface area contributed by atoms with Crippen LogP contribution in [0.4, 0.5) is 5.69 Å². The van der Waals surface area contributed by atoms with E-state index in [1.165, 1.54) is 11.1 Å². The van der Waals surface area contributed by atoms with Crippen molar-refractivity contribution in [1.82, 2.24) is 10.3 Å². The van der Waals surface area contributed by atoms with Crippen molar-refractivity contribution in [2.75, 3.05) is 11.2 Å². The minimum Gasteiger partial charge on any atom is -0.370 e. The number of aromatic nitrogens is 1. The van der Waals surface area contributed by atoms with Crippen LogP contribution in [-0.2, 0) is 21.3 Å². The van der Waals surface area contributed by atoms with Gasteiger partial charge < -0.3 is 15.2 Å². The van der Waals surface area contributed by atoms with Crippen LogP contribution >= 0.6 is 0 Å². The van der Waals surface area contributed by atoms with Gasteiger partial charge in [-0.05, 0) is 54.9 Å². The number of carbonyl (C=O) groups is 1. The predicted molar refractivity (Wildman–Crippen MR) is 121 cm³/mol. The highest BCUT2D eigenvalue weighted by Crippen LogP contribution is 2.48. The van der Waals surface area contributed by atoms with Crippen LogP contribution in [0.5, 0.6) is 0 Å². The summed E-state index contributed by atoms with van der Waals surface area (Å²) in [5.74, 6) is 0.305. The summed E-state index contributed by atoms with van der Waals surface area (Å²) in [6.07, 6.45) is 0.876. The van der Waals surface area contributed by atoms with Gasteiger partial charge in [-0.1, -0.05) is 45.0 Å². The largest absolute Gasteiger partial charge is 0.370 e. The summed E-state index contributed by atoms with van der Waals surface area (Å²) in [4.78, 5) is 17.3. The minimum atomic E-state index is -1.92. The molecule has 162 valence electrons. The van der Waals surface area contributed by atoms with Gasteiger partial charge in [0.05, 0.1) is 23.1 Å². The van der Waals surface area contributed by atoms with E-state index >= 15 is 0 Å². The molecule has 1 aromatic carbocycles. The molecule has 0 spiro atoms. The second-order valence-corrected chi connectivity index (χ2v) is 9.99. The smallest absolute Gasteiger partial charge is 0.224 e. The lowest BCUT2D eigenvalue weighted by Crippen LogP contribution is -2.29. The number of hydrogen-bond acceptors (Lipinski definition) is 4. The number of carbonyl (C=O) groups excluding carboxylic acids is 1. The fraction of sp³-hybridized carbons (Fsp3) is 0.478. The lowest BCUT2D eigenvalue weighted by atomic mass is 9.86. The van der Waals surface area contributed by atoms with Gasteiger partial charge in [0.2, 0.25) is 5.91 Å². The number of pyridine rings is 1. The Morgan fingerprint density at radius 3 is 2.47 bits per heavy atom. The van der Waals surface area contributed by atoms with Crippen LogP contribution in [0.15, 0.2) is 36.4 Å². The molecule has 1 saturated carbocycles. The number of hydrogen-bond donors (Lipinski definition) is 3. The minimum absolute atomic E-state index is 0.00880. The van der Waals surface area contributed by atoms with E-state index in [-0.39, 0.29) is 35.1 Å². The van der Waals surface area contributed by atoms with Gasteiger partial charge in [-0.3, -0.25) is 9.78 Å². The Kier molecular flexibility index (Phi) is 6.62. The molecular weight excluding hydrogens is 398 g/mol. The number of nitrogens with one attached hydrogen (secondary N) is 2. The third-order valence-corrected chi connectivity index (χ3v) is 6.02. The summed E-state index contributed by atoms with van der Waals surface area (Å²) >= 11 is -1.92. The van der Waals surface area contributed by atoms with Crippen molar-refractivity contribution in [3.05, 3.63) is 58.9 Å². The molecule has 1 heterocycles. The number of rotatable bonds is 7. The molecule has 1 aromatic heterocycles. The van der Waals surface area contributed by atoms with E-state index in [2.05, 4.69) is 60.7 Å². The van der Waals surface area contributed by atoms with Crippen molar-refractivity contribution < 1.29 is 13.6 Å². The topological polar surface area (TPSA) is 91.3 Å². The molecule has 3 N–H and O–H groups in total. The molecule has 1 fully saturated rings. The van der Waals surface area contributed by atoms with E-state index in [9.17, 15) is 9.00 Å². The van der Waals surface area contributed by atoms with Crippen LogP contribution in [0.2, 0.25) is 0 Å². The lowest BCUT2D eigenvalue weighted by Gasteiger charge is -2.19. The normalized spacial score (nSPS) is 20.3. The van der Waals surface area contributed by atoms with Crippen molar-refractivity contribution in [2.45, 2.75) is 58.4 Å². The standard InChI is InChI=1S/C23H31N3O3S/c1-14-20(24-13-30(28)29)10-11-21(25-14)15(2)26-22(27)19-12-18(19)16-6-8-17(9-7-16)23(3,4)5/h6-11,15,18-19,24H,12-13H2,1-5H3,(H,26,27)(H,28,29)/t15-,18?,19?/m1/s1. The maximum atomic E-state index is 12.7. The van der Waals surface area contributed by atoms with Gasteiger partial charge in [0.15, 0.2) is 11.1 Å². The molecule has 0 aliphatic heterocycles. The Balaban J connectivity index is 1.57. The summed E-state index contributed by atoms with van der Waals surface area (Å²) in [7, 11) is 0. The number of benzene rings is 1. The molecule has 1 aliphatic rings. The first-order valence-electron chi connectivity index (χ1n) is 10.3. The summed E-state index contributed by atoms with van der Waals surface area (Å²) in [5.41, 5.74) is 4.85. The van der Waals surface area contributed by atoms with E-state index in [1.54, 1.807) is 0 Å². The highest BCUT2D eigenvalue weighted by atomic mass is 32.2. The van der Waals surface area contributed by atoms with Crippen molar-refractivity contribution >= 4 is 22.7 Å². The van der Waals surface area contributed by atoms with Crippen LogP contribution in [0, 0.1) is 12.8 Å². The van der Waals surface area contributed by atoms with Gasteiger partial charge in [0, 0.05) is 5.92 Å². The Labute approximate surface area is 181 Å². The SMILES string of the molecule is Cc1nc([C@@H](C)NC(=O)C2CC2c2ccc(C(C)(C)C)cc2)ccc1NCS(=O)O. The van der Waals surface area contributed by atoms with Crippen molar-refractivity contribution in [1.29, 1.82) is 0 Å². The summed E-state index contributed by atoms with van der Waals surface area (Å²) in [6.45, 7) is 10.3. The fourth-order valence-corrected chi connectivity index (χ4v) is 3.90. The maximum absolute atomic E-state index is 12.7. The van der Waals surface area contributed by atoms with E-state index in [1.807, 2.05) is 26.0 Å². The van der Waals surface area contributed by atoms with Gasteiger partial charge >= 0.3 is 0 Å². The zero-order valence-corrected chi connectivity index (χ0v) is 19.0. The molecule has 1 amide bonds. The number of aryl methyl sites for hydroxylation is 1. The van der Waals surface area contributed by atoms with Crippen molar-refractivity contribution in [2.24, 2.45) is 5.92 Å². The highest BCUT2D eigenvalue weighted by Gasteiger charge is 2.44. The molecule has 0 bridgehead atoms. The van der Waals surface area contributed by atoms with E-state index in [0.29, 0.717) is 5.69 Å². The second kappa shape index (κ2) is 8.86. The average molecular weight is 430 g/mol. The quantitative estimate of drug-likeness (QED) is 0.572.